The summed E-state index contributed by atoms with van der Waals surface area (Å²) in [4.78, 5) is 46.9. The fourth-order valence-electron chi connectivity index (χ4n) is 3.20. The fraction of sp³-hybridized carbons (Fsp3) is 0.500. The minimum Gasteiger partial charge on any atom is -0.313 e. The molecule has 2 aromatic heterocycles. The van der Waals surface area contributed by atoms with Crippen molar-refractivity contribution in [3.63, 3.8) is 0 Å². The predicted octanol–water partition coefficient (Wildman–Crippen LogP) is -0.192. The lowest BCUT2D eigenvalue weighted by Gasteiger charge is -2.32. The minimum atomic E-state index is -0.371. The molecule has 2 N–H and O–H groups in total. The third-order valence-electron chi connectivity index (χ3n) is 4.42. The van der Waals surface area contributed by atoms with Gasteiger partial charge in [0.1, 0.15) is 0 Å². The quantitative estimate of drug-likeness (QED) is 0.808. The number of nitrogens with zero attached hydrogens (tertiary/aromatic N) is 3. The molecule has 0 aliphatic carbocycles. The van der Waals surface area contributed by atoms with Crippen LogP contribution < -0.4 is 16.8 Å². The number of hydrogen-bond donors (Lipinski definition) is 2. The summed E-state index contributed by atoms with van der Waals surface area (Å²) in [7, 11) is 0. The molecule has 8 nitrogen and oxygen atoms in total. The lowest BCUT2D eigenvalue weighted by molar-refractivity contribution is 0.197. The lowest BCUT2D eigenvalue weighted by atomic mass is 9.94. The molecule has 2 aromatic rings. The molecule has 128 valence electrons. The molecule has 0 spiro atoms. The van der Waals surface area contributed by atoms with E-state index in [4.69, 9.17) is 0 Å². The van der Waals surface area contributed by atoms with E-state index in [-0.39, 0.29) is 22.7 Å². The Bertz CT molecular complexity index is 851. The highest BCUT2D eigenvalue weighted by atomic mass is 16.2. The van der Waals surface area contributed by atoms with Crippen molar-refractivity contribution in [3.05, 3.63) is 61.0 Å². The number of aromatic nitrogens is 4. The molecule has 0 unspecified atom stereocenters. The summed E-state index contributed by atoms with van der Waals surface area (Å²) in [6.07, 6.45) is 3.42. The number of aromatic amines is 2. The molecule has 0 radical (unpaired) electrons. The van der Waals surface area contributed by atoms with E-state index in [1.165, 1.54) is 17.0 Å². The van der Waals surface area contributed by atoms with Gasteiger partial charge in [-0.3, -0.25) is 14.2 Å². The number of likely N-dealkylation sites (tertiary alicyclic amines) is 1. The first-order chi connectivity index (χ1) is 11.5. The maximum atomic E-state index is 11.9. The molecule has 1 atom stereocenters. The van der Waals surface area contributed by atoms with Crippen molar-refractivity contribution < 1.29 is 0 Å². The van der Waals surface area contributed by atoms with Crippen LogP contribution >= 0.6 is 0 Å². The summed E-state index contributed by atoms with van der Waals surface area (Å²) in [6.45, 7) is 4.35. The number of aryl methyl sites for hydroxylation is 1. The first kappa shape index (κ1) is 16.4. The molecular formula is C16H21N5O3. The average Bonchev–Trinajstić information content (AvgIpc) is 2.54. The van der Waals surface area contributed by atoms with E-state index in [2.05, 4.69) is 19.9 Å². The Morgan fingerprint density at radius 1 is 1.25 bits per heavy atom. The van der Waals surface area contributed by atoms with Gasteiger partial charge in [0.05, 0.1) is 12.0 Å². The summed E-state index contributed by atoms with van der Waals surface area (Å²) in [5, 5.41) is 0. The van der Waals surface area contributed by atoms with Crippen molar-refractivity contribution in [2.45, 2.75) is 32.2 Å². The maximum absolute atomic E-state index is 11.9. The van der Waals surface area contributed by atoms with Crippen molar-refractivity contribution in [2.75, 3.05) is 19.6 Å². The number of nitrogens with one attached hydrogen (secondary N) is 2. The molecule has 24 heavy (non-hydrogen) atoms. The van der Waals surface area contributed by atoms with Crippen molar-refractivity contribution in [1.29, 1.82) is 0 Å². The Hall–Kier alpha value is -2.48. The van der Waals surface area contributed by atoms with Crippen molar-refractivity contribution in [3.8, 4) is 0 Å². The highest BCUT2D eigenvalue weighted by Gasteiger charge is 2.22. The van der Waals surface area contributed by atoms with E-state index in [1.54, 1.807) is 13.0 Å². The monoisotopic (exact) mass is 331 g/mol. The highest BCUT2D eigenvalue weighted by Crippen LogP contribution is 2.24. The van der Waals surface area contributed by atoms with Gasteiger partial charge in [-0.25, -0.2) is 9.78 Å². The topological polar surface area (TPSA) is 104 Å². The zero-order chi connectivity index (χ0) is 17.1. The molecule has 1 fully saturated rings. The van der Waals surface area contributed by atoms with Crippen LogP contribution in [0.25, 0.3) is 0 Å². The van der Waals surface area contributed by atoms with Gasteiger partial charge in [0.25, 0.3) is 11.1 Å². The van der Waals surface area contributed by atoms with Crippen molar-refractivity contribution >= 4 is 0 Å². The summed E-state index contributed by atoms with van der Waals surface area (Å²) in [5.41, 5.74) is 0.578. The van der Waals surface area contributed by atoms with E-state index < -0.39 is 0 Å². The van der Waals surface area contributed by atoms with Gasteiger partial charge in [0.15, 0.2) is 0 Å². The smallest absolute Gasteiger partial charge is 0.313 e. The van der Waals surface area contributed by atoms with E-state index >= 15 is 0 Å². The lowest BCUT2D eigenvalue weighted by Crippen LogP contribution is -2.42. The summed E-state index contributed by atoms with van der Waals surface area (Å²) in [6, 6.07) is 2.98. The third-order valence-corrected chi connectivity index (χ3v) is 4.42. The molecular weight excluding hydrogens is 310 g/mol. The Morgan fingerprint density at radius 2 is 2.08 bits per heavy atom. The van der Waals surface area contributed by atoms with Crippen LogP contribution in [-0.4, -0.2) is 44.1 Å². The van der Waals surface area contributed by atoms with Crippen LogP contribution in [-0.2, 0) is 6.54 Å². The Morgan fingerprint density at radius 3 is 2.83 bits per heavy atom. The van der Waals surface area contributed by atoms with E-state index in [1.807, 2.05) is 0 Å². The van der Waals surface area contributed by atoms with Gasteiger partial charge in [-0.2, -0.15) is 0 Å². The Balaban J connectivity index is 1.67. The van der Waals surface area contributed by atoms with Gasteiger partial charge in [-0.15, -0.1) is 0 Å². The molecule has 3 heterocycles. The number of piperidine rings is 1. The molecule has 0 amide bonds. The second-order valence-corrected chi connectivity index (χ2v) is 6.22. The second-order valence-electron chi connectivity index (χ2n) is 6.22. The van der Waals surface area contributed by atoms with Gasteiger partial charge < -0.3 is 14.9 Å². The number of rotatable bonds is 4. The minimum absolute atomic E-state index is 0.144. The van der Waals surface area contributed by atoms with Gasteiger partial charge >= 0.3 is 5.69 Å². The van der Waals surface area contributed by atoms with Crippen LogP contribution in [0, 0.1) is 6.92 Å². The molecule has 8 heteroatoms. The molecule has 0 bridgehead atoms. The summed E-state index contributed by atoms with van der Waals surface area (Å²) < 4.78 is 1.22. The van der Waals surface area contributed by atoms with E-state index in [0.29, 0.717) is 18.8 Å². The zero-order valence-electron chi connectivity index (χ0n) is 13.6. The van der Waals surface area contributed by atoms with Crippen LogP contribution in [0.4, 0.5) is 0 Å². The number of hydrogen-bond acceptors (Lipinski definition) is 5. The second kappa shape index (κ2) is 6.96. The summed E-state index contributed by atoms with van der Waals surface area (Å²) in [5.74, 6) is 0.203. The largest absolute Gasteiger partial charge is 0.328 e. The van der Waals surface area contributed by atoms with Gasteiger partial charge in [0, 0.05) is 43.4 Å². The molecule has 0 saturated carbocycles. The zero-order valence-corrected chi connectivity index (χ0v) is 13.6. The van der Waals surface area contributed by atoms with Gasteiger partial charge in [-0.1, -0.05) is 0 Å². The van der Waals surface area contributed by atoms with Gasteiger partial charge in [0.2, 0.25) is 0 Å². The van der Waals surface area contributed by atoms with Crippen LogP contribution in [0.3, 0.4) is 0 Å². The van der Waals surface area contributed by atoms with E-state index in [9.17, 15) is 14.4 Å². The van der Waals surface area contributed by atoms with Crippen LogP contribution in [0.2, 0.25) is 0 Å². The van der Waals surface area contributed by atoms with Crippen LogP contribution in [0.15, 0.2) is 32.8 Å². The molecule has 0 aromatic carbocycles. The van der Waals surface area contributed by atoms with Crippen LogP contribution in [0.1, 0.15) is 30.1 Å². The highest BCUT2D eigenvalue weighted by molar-refractivity contribution is 5.08. The molecule has 1 aliphatic rings. The fourth-order valence-corrected chi connectivity index (χ4v) is 3.20. The third kappa shape index (κ3) is 3.70. The molecule has 1 aliphatic heterocycles. The SMILES string of the molecule is Cc1cc(=O)n(CCN2CCC[C@@H](c3cc(=O)[nH]cn3)C2)c(=O)[nH]1. The molecule has 3 rings (SSSR count). The van der Waals surface area contributed by atoms with Crippen LogP contribution in [0.5, 0.6) is 0 Å². The maximum Gasteiger partial charge on any atom is 0.328 e. The predicted molar refractivity (Wildman–Crippen MR) is 89.3 cm³/mol. The first-order valence-corrected chi connectivity index (χ1v) is 8.10. The number of H-pyrrole nitrogens is 2. The molecule has 1 saturated heterocycles. The van der Waals surface area contributed by atoms with Crippen molar-refractivity contribution in [2.24, 2.45) is 0 Å². The average molecular weight is 331 g/mol. The summed E-state index contributed by atoms with van der Waals surface area (Å²) >= 11 is 0. The van der Waals surface area contributed by atoms with Crippen molar-refractivity contribution in [1.82, 2.24) is 24.4 Å². The van der Waals surface area contributed by atoms with E-state index in [0.717, 1.165) is 31.6 Å². The van der Waals surface area contributed by atoms with Gasteiger partial charge in [-0.05, 0) is 26.3 Å². The Kier molecular flexibility index (Phi) is 4.75. The standard InChI is InChI=1S/C16H21N5O3/c1-11-7-15(23)21(16(24)19-11)6-5-20-4-2-3-12(9-20)13-8-14(22)18-10-17-13/h7-8,10,12H,2-6,9H2,1H3,(H,19,24)(H,17,18,22)/t12-/m1/s1. The normalized spacial score (nSPS) is 18.6. The Labute approximate surface area is 138 Å². The first-order valence-electron chi connectivity index (χ1n) is 8.10.